The number of rotatable bonds is 8. The smallest absolute Gasteiger partial charge is 0.166 e. The molecule has 0 spiro atoms. The van der Waals surface area contributed by atoms with Crippen molar-refractivity contribution in [3.8, 4) is 0 Å². The SMILES string of the molecule is CCCCN.CCCCNC(=S)NCCCC.CSC(=S)SC.CSC(=S)SC.N.N=C=S. The van der Waals surface area contributed by atoms with Crippen molar-refractivity contribution in [1.29, 1.82) is 5.41 Å². The molecule has 5 nitrogen and oxygen atoms in total. The largest absolute Gasteiger partial charge is 0.363 e. The fourth-order valence-corrected chi connectivity index (χ4v) is 2.73. The van der Waals surface area contributed by atoms with E-state index in [0.717, 1.165) is 31.8 Å². The van der Waals surface area contributed by atoms with Gasteiger partial charge in [-0.1, -0.05) is 64.5 Å². The lowest BCUT2D eigenvalue weighted by Crippen LogP contribution is -2.36. The third kappa shape index (κ3) is 71.9. The summed E-state index contributed by atoms with van der Waals surface area (Å²) in [5, 5.41) is 14.5. The summed E-state index contributed by atoms with van der Waals surface area (Å²) in [5.41, 5.74) is 5.14. The van der Waals surface area contributed by atoms with E-state index in [1.807, 2.05) is 25.0 Å². The Balaban J connectivity index is -0.0000000745. The molecule has 8 N–H and O–H groups in total. The Labute approximate surface area is 243 Å². The van der Waals surface area contributed by atoms with Gasteiger partial charge in [-0.3, -0.25) is 0 Å². The van der Waals surface area contributed by atoms with E-state index >= 15 is 0 Å². The lowest BCUT2D eigenvalue weighted by Gasteiger charge is -2.08. The van der Waals surface area contributed by atoms with Gasteiger partial charge in [0.1, 0.15) is 7.06 Å². The van der Waals surface area contributed by atoms with Crippen LogP contribution in [0.1, 0.15) is 59.3 Å². The Morgan fingerprint density at radius 1 is 0.758 bits per heavy atom. The Kier molecular flexibility index (Phi) is 71.5. The molecule has 0 aliphatic rings. The van der Waals surface area contributed by atoms with Gasteiger partial charge >= 0.3 is 0 Å². The van der Waals surface area contributed by atoms with E-state index in [9.17, 15) is 0 Å². The summed E-state index contributed by atoms with van der Waals surface area (Å²) < 4.78 is 2.02. The summed E-state index contributed by atoms with van der Waals surface area (Å²) in [6.45, 7) is 9.32. The third-order valence-electron chi connectivity index (χ3n) is 2.86. The van der Waals surface area contributed by atoms with Gasteiger partial charge in [-0.15, -0.1) is 47.0 Å². The van der Waals surface area contributed by atoms with Crippen molar-refractivity contribution in [2.45, 2.75) is 59.3 Å². The van der Waals surface area contributed by atoms with Crippen molar-refractivity contribution in [2.75, 3.05) is 44.7 Å². The van der Waals surface area contributed by atoms with Crippen molar-refractivity contribution in [3.05, 3.63) is 0 Å². The molecule has 0 heterocycles. The van der Waals surface area contributed by atoms with Gasteiger partial charge in [-0.2, -0.15) is 0 Å². The second-order valence-corrected chi connectivity index (χ2v) is 11.7. The molecule has 0 aromatic carbocycles. The minimum atomic E-state index is 0. The molecule has 0 radical (unpaired) electrons. The molecule has 0 aliphatic heterocycles. The van der Waals surface area contributed by atoms with Crippen LogP contribution in [0.3, 0.4) is 0 Å². The maximum Gasteiger partial charge on any atom is 0.166 e. The van der Waals surface area contributed by atoms with Crippen LogP contribution in [0.5, 0.6) is 0 Å². The Morgan fingerprint density at radius 3 is 1.15 bits per heavy atom. The normalized spacial score (nSPS) is 8.00. The summed E-state index contributed by atoms with van der Waals surface area (Å²) in [4.78, 5) is 0. The maximum atomic E-state index is 5.77. The van der Waals surface area contributed by atoms with E-state index in [1.54, 1.807) is 52.2 Å². The number of unbranched alkanes of at least 4 members (excludes halogenated alkanes) is 3. The summed E-state index contributed by atoms with van der Waals surface area (Å²) in [6.07, 6.45) is 15.1. The highest BCUT2D eigenvalue weighted by atomic mass is 32.2. The molecule has 0 bridgehead atoms. The highest BCUT2D eigenvalue weighted by Crippen LogP contribution is 2.09. The number of hydrogen-bond donors (Lipinski definition) is 5. The molecular weight excluding hydrogens is 567 g/mol. The average molecular weight is 614 g/mol. The van der Waals surface area contributed by atoms with Crippen LogP contribution in [0.4, 0.5) is 0 Å². The van der Waals surface area contributed by atoms with E-state index in [1.165, 1.54) is 38.5 Å². The second kappa shape index (κ2) is 50.0. The van der Waals surface area contributed by atoms with Gasteiger partial charge in [0.25, 0.3) is 0 Å². The van der Waals surface area contributed by atoms with Crippen LogP contribution in [-0.2, 0) is 0 Å². The zero-order valence-corrected chi connectivity index (χ0v) is 27.9. The fraction of sp³-hybridized carbons (Fsp3) is 0.800. The van der Waals surface area contributed by atoms with Crippen molar-refractivity contribution >= 4 is 113 Å². The Hall–Kier alpha value is 0.990. The first kappa shape index (κ1) is 47.2. The van der Waals surface area contributed by atoms with Crippen molar-refractivity contribution in [1.82, 2.24) is 16.8 Å². The van der Waals surface area contributed by atoms with Gasteiger partial charge in [0.15, 0.2) is 5.11 Å². The highest BCUT2D eigenvalue weighted by molar-refractivity contribution is 8.47. The van der Waals surface area contributed by atoms with Crippen LogP contribution in [0.2, 0.25) is 0 Å². The molecule has 13 heteroatoms. The summed E-state index contributed by atoms with van der Waals surface area (Å²) >= 11 is 24.9. The molecule has 0 aromatic heterocycles. The van der Waals surface area contributed by atoms with Crippen molar-refractivity contribution < 1.29 is 0 Å². The van der Waals surface area contributed by atoms with E-state index in [2.05, 4.69) is 43.6 Å². The number of thioether (sulfide) groups is 4. The summed E-state index contributed by atoms with van der Waals surface area (Å²) in [7, 11) is 0. The minimum absolute atomic E-state index is 0. The van der Waals surface area contributed by atoms with Gasteiger partial charge < -0.3 is 22.5 Å². The molecule has 0 aliphatic carbocycles. The van der Waals surface area contributed by atoms with Crippen molar-refractivity contribution in [3.63, 3.8) is 0 Å². The topological polar surface area (TPSA) is 109 Å². The number of isothiocyanates is 1. The predicted octanol–water partition coefficient (Wildman–Crippen LogP) is 7.62. The highest BCUT2D eigenvalue weighted by Gasteiger charge is 1.91. The first-order valence-electron chi connectivity index (χ1n) is 10.3. The number of thiocarbonyl (C=S) groups is 4. The lowest BCUT2D eigenvalue weighted by molar-refractivity contribution is 0.715. The molecule has 0 saturated carbocycles. The second-order valence-electron chi connectivity index (χ2n) is 5.45. The molecular formula is C20H47N5S8. The Morgan fingerprint density at radius 2 is 1.03 bits per heavy atom. The van der Waals surface area contributed by atoms with Gasteiger partial charge in [0, 0.05) is 13.1 Å². The van der Waals surface area contributed by atoms with Gasteiger partial charge in [-0.05, 0) is 75.3 Å². The molecule has 0 aromatic rings. The van der Waals surface area contributed by atoms with E-state index in [0.29, 0.717) is 0 Å². The fourth-order valence-electron chi connectivity index (χ4n) is 1.19. The van der Waals surface area contributed by atoms with Crippen LogP contribution in [0.25, 0.3) is 0 Å². The van der Waals surface area contributed by atoms with Crippen LogP contribution >= 0.6 is 95.9 Å². The maximum absolute atomic E-state index is 5.77. The molecule has 33 heavy (non-hydrogen) atoms. The van der Waals surface area contributed by atoms with E-state index < -0.39 is 0 Å². The summed E-state index contributed by atoms with van der Waals surface area (Å²) in [6, 6.07) is 0. The lowest BCUT2D eigenvalue weighted by atomic mass is 10.3. The molecule has 0 unspecified atom stereocenters. The molecule has 0 atom stereocenters. The summed E-state index contributed by atoms with van der Waals surface area (Å²) in [5.74, 6) is 0. The van der Waals surface area contributed by atoms with E-state index in [4.69, 9.17) is 47.8 Å². The zero-order valence-electron chi connectivity index (χ0n) is 21.4. The van der Waals surface area contributed by atoms with Crippen LogP contribution in [0.15, 0.2) is 0 Å². The monoisotopic (exact) mass is 613 g/mol. The number of hydrogen-bond acceptors (Lipinski definition) is 11. The van der Waals surface area contributed by atoms with E-state index in [-0.39, 0.29) is 6.15 Å². The van der Waals surface area contributed by atoms with Crippen LogP contribution in [-0.4, -0.2) is 62.0 Å². The standard InChI is InChI=1S/C9H20N2S.C4H11N.2C3H6S3.CHNS.H3N/c1-3-5-7-10-9(12)11-8-6-4-2;1-2-3-4-5;2*1-5-3(4)6-2;2-1-3;/h3-8H2,1-2H3,(H2,10,11,12);2-5H2,1H3;2*1-2H3;2H;1H3. The minimum Gasteiger partial charge on any atom is -0.363 e. The first-order chi connectivity index (χ1) is 15.3. The molecule has 0 amide bonds. The Bertz CT molecular complexity index is 393. The average Bonchev–Trinajstić information content (AvgIpc) is 2.80. The van der Waals surface area contributed by atoms with Gasteiger partial charge in [0.2, 0.25) is 0 Å². The number of nitrogens with one attached hydrogen (secondary N) is 3. The molecule has 200 valence electrons. The predicted molar refractivity (Wildman–Crippen MR) is 182 cm³/mol. The van der Waals surface area contributed by atoms with Gasteiger partial charge in [-0.25, -0.2) is 5.41 Å². The third-order valence-corrected chi connectivity index (χ3v) is 8.48. The number of nitrogens with two attached hydrogens (primary N) is 1. The van der Waals surface area contributed by atoms with Crippen LogP contribution < -0.4 is 22.5 Å². The quantitative estimate of drug-likeness (QED) is 0.105. The first-order valence-corrected chi connectivity index (χ1v) is 16.8. The molecule has 0 saturated heterocycles. The van der Waals surface area contributed by atoms with Crippen molar-refractivity contribution in [2.24, 2.45) is 5.73 Å². The molecule has 0 rings (SSSR count). The zero-order chi connectivity index (χ0) is 26.0. The van der Waals surface area contributed by atoms with Crippen LogP contribution in [0, 0.1) is 5.41 Å². The molecule has 0 fully saturated rings. The van der Waals surface area contributed by atoms with Gasteiger partial charge in [0.05, 0.1) is 5.16 Å².